The molecule has 1 fully saturated rings. The minimum absolute atomic E-state index is 0.0544. The number of pyridine rings is 2. The number of rotatable bonds is 21. The van der Waals surface area contributed by atoms with Gasteiger partial charge in [-0.15, -0.1) is 0 Å². The number of carbonyl (C=O) groups excluding carboxylic acids is 9. The lowest BCUT2D eigenvalue weighted by Crippen LogP contribution is -2.52. The van der Waals surface area contributed by atoms with Crippen LogP contribution in [0.4, 0.5) is 14.9 Å². The molecule has 5 N–H and O–H groups in total. The highest BCUT2D eigenvalue weighted by Gasteiger charge is 2.51. The van der Waals surface area contributed by atoms with E-state index < -0.39 is 72.6 Å². The maximum Gasteiger partial charge on any atom is 0.510 e. The summed E-state index contributed by atoms with van der Waals surface area (Å²) >= 11 is 0. The number of aryl methyl sites for hydroxylation is 1. The molecule has 1 unspecified atom stereocenters. The van der Waals surface area contributed by atoms with Gasteiger partial charge in [0, 0.05) is 60.0 Å². The minimum atomic E-state index is -2.04. The Morgan fingerprint density at radius 2 is 1.56 bits per heavy atom. The highest BCUT2D eigenvalue weighted by Crippen LogP contribution is 2.47. The number of carbonyl (C=O) groups is 9. The van der Waals surface area contributed by atoms with Gasteiger partial charge < -0.3 is 45.4 Å². The van der Waals surface area contributed by atoms with Crippen LogP contribution in [0, 0.1) is 18.7 Å². The van der Waals surface area contributed by atoms with E-state index in [1.165, 1.54) is 23.1 Å². The van der Waals surface area contributed by atoms with Gasteiger partial charge in [0.2, 0.25) is 47.0 Å². The van der Waals surface area contributed by atoms with Gasteiger partial charge in [0.1, 0.15) is 25.1 Å². The second-order valence-electron chi connectivity index (χ2n) is 21.0. The molecule has 9 rings (SSSR count). The van der Waals surface area contributed by atoms with E-state index in [9.17, 15) is 47.9 Å². The summed E-state index contributed by atoms with van der Waals surface area (Å²) in [5.74, 6) is -4.82. The van der Waals surface area contributed by atoms with Crippen molar-refractivity contribution >= 4 is 70.1 Å². The Balaban J connectivity index is 0.747. The number of cyclic esters (lactones) is 1. The van der Waals surface area contributed by atoms with Gasteiger partial charge in [-0.25, -0.2) is 19.0 Å². The molecule has 0 spiro atoms. The monoisotopic (exact) mass is 1110 g/mol. The standard InChI is InChI=1S/C59H63FN8O13/c1-5-59(41-24-45-53-39(29-68(45)56(76)40(41)31-79-57(59)77)51-32(2)15-20-38-34(4)42(60)25-43(66-53)52(38)51)81-58(78)80-30-36-16-18-37(19-17-36)64-48(71)28-63-54(74)44(23-35-12-8-6-9-13-35)65-49(72)27-62-47(70)26-61-46(69)14-10-7-11-21-67-50(73)22-33(3)55(67)75/h6,8-9,12-13,16-19,24-25,32-33,44H,5,7,10-11,14-15,20-23,26-31H2,1-4H3,(H,61,69)(H,62,70)(H,63,74)(H,64,71)(H,65,72)/t32-,33?,44-,59-/m0/s1. The lowest BCUT2D eigenvalue weighted by molar-refractivity contribution is -0.175. The second kappa shape index (κ2) is 24.3. The van der Waals surface area contributed by atoms with Gasteiger partial charge in [-0.2, -0.15) is 0 Å². The summed E-state index contributed by atoms with van der Waals surface area (Å²) < 4.78 is 33.6. The van der Waals surface area contributed by atoms with Crippen molar-refractivity contribution in [1.29, 1.82) is 0 Å². The number of unbranched alkanes of at least 4 members (excludes halogenated alkanes) is 2. The number of benzene rings is 3. The molecule has 81 heavy (non-hydrogen) atoms. The molecule has 0 radical (unpaired) electrons. The fourth-order valence-corrected chi connectivity index (χ4v) is 11.1. The third-order valence-electron chi connectivity index (χ3n) is 15.5. The van der Waals surface area contributed by atoms with Crippen LogP contribution in [0.25, 0.3) is 22.3 Å². The molecule has 0 bridgehead atoms. The van der Waals surface area contributed by atoms with E-state index in [0.717, 1.165) is 28.5 Å². The van der Waals surface area contributed by atoms with Crippen LogP contribution < -0.4 is 32.1 Å². The van der Waals surface area contributed by atoms with Crippen LogP contribution in [0.2, 0.25) is 0 Å². The lowest BCUT2D eigenvalue weighted by atomic mass is 9.79. The summed E-state index contributed by atoms with van der Waals surface area (Å²) in [7, 11) is 0. The van der Waals surface area contributed by atoms with Crippen LogP contribution in [-0.4, -0.2) is 100 Å². The summed E-state index contributed by atoms with van der Waals surface area (Å²) in [5, 5.41) is 13.6. The molecule has 1 aliphatic carbocycles. The highest BCUT2D eigenvalue weighted by atomic mass is 19.1. The molecule has 21 nitrogen and oxygen atoms in total. The Morgan fingerprint density at radius 3 is 2.28 bits per heavy atom. The fourth-order valence-electron chi connectivity index (χ4n) is 11.1. The summed E-state index contributed by atoms with van der Waals surface area (Å²) in [5.41, 5.74) is 4.12. The minimum Gasteiger partial charge on any atom is -0.457 e. The quantitative estimate of drug-likeness (QED) is 0.0364. The van der Waals surface area contributed by atoms with E-state index in [-0.39, 0.29) is 91.9 Å². The second-order valence-corrected chi connectivity index (χ2v) is 21.0. The summed E-state index contributed by atoms with van der Waals surface area (Å²) in [6.07, 6.45) is 2.21. The van der Waals surface area contributed by atoms with Crippen LogP contribution in [0.1, 0.15) is 116 Å². The van der Waals surface area contributed by atoms with Gasteiger partial charge >= 0.3 is 12.1 Å². The lowest BCUT2D eigenvalue weighted by Gasteiger charge is -2.35. The van der Waals surface area contributed by atoms with E-state index in [0.29, 0.717) is 71.5 Å². The number of imide groups is 1. The van der Waals surface area contributed by atoms with Crippen molar-refractivity contribution in [2.75, 3.05) is 31.5 Å². The molecule has 2 aromatic heterocycles. The van der Waals surface area contributed by atoms with Crippen molar-refractivity contribution in [2.24, 2.45) is 5.92 Å². The Morgan fingerprint density at radius 1 is 0.827 bits per heavy atom. The van der Waals surface area contributed by atoms with E-state index in [2.05, 4.69) is 33.5 Å². The number of likely N-dealkylation sites (tertiary alicyclic amines) is 1. The van der Waals surface area contributed by atoms with E-state index in [1.807, 2.05) is 0 Å². The van der Waals surface area contributed by atoms with Gasteiger partial charge in [0.15, 0.2) is 0 Å². The van der Waals surface area contributed by atoms with E-state index in [4.69, 9.17) is 19.2 Å². The van der Waals surface area contributed by atoms with Crippen LogP contribution in [0.3, 0.4) is 0 Å². The third-order valence-corrected chi connectivity index (χ3v) is 15.5. The number of hydrogen-bond donors (Lipinski definition) is 5. The van der Waals surface area contributed by atoms with Crippen molar-refractivity contribution in [3.8, 4) is 11.4 Å². The number of halogens is 1. The zero-order chi connectivity index (χ0) is 57.7. The SMILES string of the molecule is CC[C@@]1(OC(=O)OCc2ccc(NC(=O)CNC(=O)[C@H](Cc3ccccc3)NC(=O)CNC(=O)CNC(=O)CCCCCN3C(=O)CC(C)C3=O)cc2)C(=O)OCc2c1cc1n(c2=O)Cc2c-1nc1cc(F)c(C)c3c1c2[C@@H](C)CC3. The number of aromatic nitrogens is 2. The average Bonchev–Trinajstić information content (AvgIpc) is 2.46. The van der Waals surface area contributed by atoms with Crippen molar-refractivity contribution in [1.82, 2.24) is 35.7 Å². The molecule has 5 heterocycles. The molecule has 1 saturated heterocycles. The number of anilines is 1. The first kappa shape index (κ1) is 56.9. The first-order valence-electron chi connectivity index (χ1n) is 27.2. The summed E-state index contributed by atoms with van der Waals surface area (Å²) in [6, 6.07) is 16.9. The third kappa shape index (κ3) is 12.2. The Labute approximate surface area is 465 Å². The first-order valence-corrected chi connectivity index (χ1v) is 27.2. The Bertz CT molecular complexity index is 3440. The van der Waals surface area contributed by atoms with Crippen LogP contribution in [0.5, 0.6) is 0 Å². The van der Waals surface area contributed by atoms with Crippen molar-refractivity contribution in [3.05, 3.63) is 127 Å². The Hall–Kier alpha value is -8.82. The predicted octanol–water partition coefficient (Wildman–Crippen LogP) is 4.91. The predicted molar refractivity (Wildman–Crippen MR) is 290 cm³/mol. The molecule has 4 atom stereocenters. The Kier molecular flexibility index (Phi) is 17.0. The molecule has 0 saturated carbocycles. The average molecular weight is 1110 g/mol. The first-order chi connectivity index (χ1) is 38.8. The number of nitrogens with zero attached hydrogens (tertiary/aromatic N) is 3. The van der Waals surface area contributed by atoms with Crippen molar-refractivity contribution in [2.45, 2.75) is 123 Å². The molecular weight excluding hydrogens is 1050 g/mol. The van der Waals surface area contributed by atoms with Gasteiger partial charge in [-0.3, -0.25) is 43.3 Å². The van der Waals surface area contributed by atoms with Crippen molar-refractivity contribution in [3.63, 3.8) is 0 Å². The topological polar surface area (TPSA) is 280 Å². The normalized spacial score (nSPS) is 18.0. The maximum atomic E-state index is 15.2. The van der Waals surface area contributed by atoms with Gasteiger partial charge in [0.05, 0.1) is 48.6 Å². The van der Waals surface area contributed by atoms with Crippen molar-refractivity contribution < 1.29 is 61.8 Å². The van der Waals surface area contributed by atoms with Gasteiger partial charge in [-0.1, -0.05) is 69.7 Å². The number of nitrogens with one attached hydrogen (secondary N) is 5. The number of esters is 1. The van der Waals surface area contributed by atoms with E-state index >= 15 is 4.39 Å². The molecule has 22 heteroatoms. The summed E-state index contributed by atoms with van der Waals surface area (Å²) in [4.78, 5) is 136. The van der Waals surface area contributed by atoms with Crippen LogP contribution >= 0.6 is 0 Å². The molecule has 4 aliphatic rings. The highest BCUT2D eigenvalue weighted by molar-refractivity contribution is 6.03. The molecule has 424 valence electrons. The van der Waals surface area contributed by atoms with Gasteiger partial charge in [-0.05, 0) is 91.0 Å². The maximum absolute atomic E-state index is 15.2. The zero-order valence-corrected chi connectivity index (χ0v) is 45.4. The molecule has 3 aliphatic heterocycles. The number of fused-ring (bicyclic) bond motifs is 5. The largest absolute Gasteiger partial charge is 0.510 e. The molecular formula is C59H63FN8O13. The summed E-state index contributed by atoms with van der Waals surface area (Å²) in [6.45, 7) is 5.70. The van der Waals surface area contributed by atoms with Gasteiger partial charge in [0.25, 0.3) is 5.56 Å². The number of ether oxygens (including phenoxy) is 3. The number of amides is 7. The molecule has 7 amide bonds. The molecule has 5 aromatic rings. The number of hydrogen-bond acceptors (Lipinski definition) is 14. The van der Waals surface area contributed by atoms with Crippen LogP contribution in [0.15, 0.2) is 71.5 Å². The van der Waals surface area contributed by atoms with E-state index in [1.54, 1.807) is 73.9 Å². The van der Waals surface area contributed by atoms with Crippen LogP contribution in [-0.2, 0) is 90.8 Å². The smallest absolute Gasteiger partial charge is 0.457 e. The fraction of sp³-hybridized carbons (Fsp3) is 0.407. The zero-order valence-electron chi connectivity index (χ0n) is 45.4. The molecule has 3 aromatic carbocycles.